The van der Waals surface area contributed by atoms with Gasteiger partial charge in [-0.25, -0.2) is 4.79 Å². The molecule has 0 bridgehead atoms. The molecule has 0 aliphatic rings. The van der Waals surface area contributed by atoms with Crippen LogP contribution in [0.1, 0.15) is 47.0 Å². The van der Waals surface area contributed by atoms with Gasteiger partial charge in [-0.1, -0.05) is 13.3 Å². The zero-order valence-corrected chi connectivity index (χ0v) is 12.9. The maximum absolute atomic E-state index is 11.6. The second-order valence-corrected chi connectivity index (χ2v) is 5.19. The number of aliphatic carboxylic acids is 1. The van der Waals surface area contributed by atoms with E-state index in [-0.39, 0.29) is 24.1 Å². The van der Waals surface area contributed by atoms with Crippen molar-refractivity contribution in [1.29, 1.82) is 0 Å². The van der Waals surface area contributed by atoms with Gasteiger partial charge in [0.15, 0.2) is 0 Å². The largest absolute Gasteiger partial charge is 0.481 e. The molecule has 0 aliphatic carbocycles. The number of carboxylic acids is 1. The highest BCUT2D eigenvalue weighted by Gasteiger charge is 2.12. The van der Waals surface area contributed by atoms with Crippen molar-refractivity contribution in [1.82, 2.24) is 10.6 Å². The summed E-state index contributed by atoms with van der Waals surface area (Å²) >= 11 is 0. The van der Waals surface area contributed by atoms with Gasteiger partial charge in [0, 0.05) is 19.2 Å². The zero-order valence-electron chi connectivity index (χ0n) is 12.9. The van der Waals surface area contributed by atoms with E-state index in [1.165, 1.54) is 0 Å². The Balaban J connectivity index is 3.72. The Morgan fingerprint density at radius 2 is 1.85 bits per heavy atom. The van der Waals surface area contributed by atoms with Crippen molar-refractivity contribution in [2.24, 2.45) is 5.92 Å². The average molecular weight is 288 g/mol. The predicted octanol–water partition coefficient (Wildman–Crippen LogP) is 1.99. The fourth-order valence-corrected chi connectivity index (χ4v) is 1.78. The monoisotopic (exact) mass is 288 g/mol. The maximum atomic E-state index is 11.6. The van der Waals surface area contributed by atoms with Gasteiger partial charge in [0.2, 0.25) is 0 Å². The van der Waals surface area contributed by atoms with E-state index in [2.05, 4.69) is 10.6 Å². The van der Waals surface area contributed by atoms with E-state index in [9.17, 15) is 9.59 Å². The third kappa shape index (κ3) is 9.61. The Kier molecular flexibility index (Phi) is 9.80. The van der Waals surface area contributed by atoms with Crippen LogP contribution in [-0.4, -0.2) is 42.4 Å². The Bertz CT molecular complexity index is 297. The molecule has 6 nitrogen and oxygen atoms in total. The lowest BCUT2D eigenvalue weighted by Gasteiger charge is -2.17. The molecule has 0 aromatic rings. The lowest BCUT2D eigenvalue weighted by Crippen LogP contribution is -2.43. The lowest BCUT2D eigenvalue weighted by molar-refractivity contribution is -0.141. The molecule has 0 heterocycles. The van der Waals surface area contributed by atoms with Crippen LogP contribution in [0.4, 0.5) is 4.79 Å². The van der Waals surface area contributed by atoms with Crippen molar-refractivity contribution in [3.05, 3.63) is 0 Å². The summed E-state index contributed by atoms with van der Waals surface area (Å²) in [4.78, 5) is 22.3. The Hall–Kier alpha value is -1.30. The van der Waals surface area contributed by atoms with Gasteiger partial charge in [-0.2, -0.15) is 0 Å². The fraction of sp³-hybridized carbons (Fsp3) is 0.857. The van der Waals surface area contributed by atoms with Crippen molar-refractivity contribution in [2.75, 3.05) is 13.2 Å². The second-order valence-electron chi connectivity index (χ2n) is 5.19. The van der Waals surface area contributed by atoms with Gasteiger partial charge < -0.3 is 20.5 Å². The SMILES string of the molecule is CCOC(C)CNC(=O)NC(C)CCCC(C)C(=O)O. The smallest absolute Gasteiger partial charge is 0.315 e. The molecule has 0 saturated carbocycles. The number of hydrogen-bond acceptors (Lipinski definition) is 3. The molecule has 0 rings (SSSR count). The van der Waals surface area contributed by atoms with Crippen molar-refractivity contribution < 1.29 is 19.4 Å². The molecule has 0 fully saturated rings. The van der Waals surface area contributed by atoms with Gasteiger partial charge in [-0.05, 0) is 33.6 Å². The van der Waals surface area contributed by atoms with E-state index in [0.29, 0.717) is 19.6 Å². The standard InChI is InChI=1S/C14H28N2O4/c1-5-20-12(4)9-15-14(19)16-11(3)8-6-7-10(2)13(17)18/h10-12H,5-9H2,1-4H3,(H,17,18)(H2,15,16,19). The Morgan fingerprint density at radius 3 is 2.40 bits per heavy atom. The summed E-state index contributed by atoms with van der Waals surface area (Å²) in [6.45, 7) is 8.53. The number of hydrogen-bond donors (Lipinski definition) is 3. The molecule has 6 heteroatoms. The number of amides is 2. The molecule has 3 atom stereocenters. The normalized spacial score (nSPS) is 15.2. The van der Waals surface area contributed by atoms with Crippen molar-refractivity contribution in [3.8, 4) is 0 Å². The highest BCUT2D eigenvalue weighted by molar-refractivity contribution is 5.74. The lowest BCUT2D eigenvalue weighted by atomic mass is 10.0. The average Bonchev–Trinajstić information content (AvgIpc) is 2.36. The number of urea groups is 1. The molecule has 0 aromatic carbocycles. The van der Waals surface area contributed by atoms with E-state index >= 15 is 0 Å². The van der Waals surface area contributed by atoms with Crippen LogP contribution in [-0.2, 0) is 9.53 Å². The molecule has 3 N–H and O–H groups in total. The molecular weight excluding hydrogens is 260 g/mol. The topological polar surface area (TPSA) is 87.7 Å². The first kappa shape index (κ1) is 18.7. The van der Waals surface area contributed by atoms with Gasteiger partial charge in [-0.15, -0.1) is 0 Å². The molecule has 0 aromatic heterocycles. The molecule has 2 amide bonds. The molecule has 0 aliphatic heterocycles. The van der Waals surface area contributed by atoms with Crippen LogP contribution in [0.2, 0.25) is 0 Å². The minimum Gasteiger partial charge on any atom is -0.481 e. The van der Waals surface area contributed by atoms with Gasteiger partial charge in [0.1, 0.15) is 0 Å². The quantitative estimate of drug-likeness (QED) is 0.573. The van der Waals surface area contributed by atoms with Gasteiger partial charge in [0.05, 0.1) is 12.0 Å². The van der Waals surface area contributed by atoms with Crippen molar-refractivity contribution in [2.45, 2.75) is 59.1 Å². The zero-order chi connectivity index (χ0) is 15.5. The highest BCUT2D eigenvalue weighted by Crippen LogP contribution is 2.09. The van der Waals surface area contributed by atoms with E-state index in [0.717, 1.165) is 12.8 Å². The van der Waals surface area contributed by atoms with Gasteiger partial charge in [-0.3, -0.25) is 4.79 Å². The number of rotatable bonds is 10. The summed E-state index contributed by atoms with van der Waals surface area (Å²) in [5, 5.41) is 14.3. The van der Waals surface area contributed by atoms with E-state index in [4.69, 9.17) is 9.84 Å². The Morgan fingerprint density at radius 1 is 1.20 bits per heavy atom. The first-order valence-electron chi connectivity index (χ1n) is 7.25. The van der Waals surface area contributed by atoms with Crippen LogP contribution in [0.5, 0.6) is 0 Å². The minimum atomic E-state index is -0.770. The van der Waals surface area contributed by atoms with Crippen molar-refractivity contribution in [3.63, 3.8) is 0 Å². The second kappa shape index (κ2) is 10.5. The molecule has 3 unspecified atom stereocenters. The van der Waals surface area contributed by atoms with E-state index in [1.54, 1.807) is 6.92 Å². The summed E-state index contributed by atoms with van der Waals surface area (Å²) in [6.07, 6.45) is 2.18. The number of ether oxygens (including phenoxy) is 1. The summed E-state index contributed by atoms with van der Waals surface area (Å²) in [5.74, 6) is -1.10. The first-order valence-corrected chi connectivity index (χ1v) is 7.25. The van der Waals surface area contributed by atoms with Crippen LogP contribution >= 0.6 is 0 Å². The van der Waals surface area contributed by atoms with Crippen LogP contribution in [0.15, 0.2) is 0 Å². The molecule has 20 heavy (non-hydrogen) atoms. The number of nitrogens with one attached hydrogen (secondary N) is 2. The van der Waals surface area contributed by atoms with Crippen LogP contribution < -0.4 is 10.6 Å². The number of carbonyl (C=O) groups is 2. The Labute approximate surface area is 121 Å². The highest BCUT2D eigenvalue weighted by atomic mass is 16.5. The summed E-state index contributed by atoms with van der Waals surface area (Å²) in [6, 6.07) is -0.186. The van der Waals surface area contributed by atoms with Gasteiger partial charge in [0.25, 0.3) is 0 Å². The van der Waals surface area contributed by atoms with Crippen LogP contribution in [0, 0.1) is 5.92 Å². The third-order valence-electron chi connectivity index (χ3n) is 3.07. The molecule has 0 saturated heterocycles. The summed E-state index contributed by atoms with van der Waals surface area (Å²) in [7, 11) is 0. The third-order valence-corrected chi connectivity index (χ3v) is 3.07. The van der Waals surface area contributed by atoms with E-state index in [1.807, 2.05) is 20.8 Å². The summed E-state index contributed by atoms with van der Waals surface area (Å²) in [5.41, 5.74) is 0. The summed E-state index contributed by atoms with van der Waals surface area (Å²) < 4.78 is 5.31. The fourth-order valence-electron chi connectivity index (χ4n) is 1.78. The predicted molar refractivity (Wildman–Crippen MR) is 77.7 cm³/mol. The number of carbonyl (C=O) groups excluding carboxylic acids is 1. The molecule has 118 valence electrons. The van der Waals surface area contributed by atoms with Gasteiger partial charge >= 0.3 is 12.0 Å². The van der Waals surface area contributed by atoms with Crippen molar-refractivity contribution >= 4 is 12.0 Å². The van der Waals surface area contributed by atoms with E-state index < -0.39 is 5.97 Å². The van der Waals surface area contributed by atoms with Crippen LogP contribution in [0.25, 0.3) is 0 Å². The molecule has 0 radical (unpaired) electrons. The minimum absolute atomic E-state index is 0.00234. The number of carboxylic acid groups (broad SMARTS) is 1. The maximum Gasteiger partial charge on any atom is 0.315 e. The molecular formula is C14H28N2O4. The molecule has 0 spiro atoms. The van der Waals surface area contributed by atoms with Crippen LogP contribution in [0.3, 0.4) is 0 Å². The first-order chi connectivity index (χ1) is 9.36.